The van der Waals surface area contributed by atoms with E-state index in [0.29, 0.717) is 25.2 Å². The Morgan fingerprint density at radius 1 is 1.15 bits per heavy atom. The summed E-state index contributed by atoms with van der Waals surface area (Å²) in [4.78, 5) is 37.8. The van der Waals surface area contributed by atoms with Crippen LogP contribution in [0.3, 0.4) is 0 Å². The van der Waals surface area contributed by atoms with Gasteiger partial charge >= 0.3 is 0 Å². The van der Waals surface area contributed by atoms with Crippen molar-refractivity contribution in [3.63, 3.8) is 0 Å². The van der Waals surface area contributed by atoms with E-state index in [1.165, 1.54) is 0 Å². The lowest BCUT2D eigenvalue weighted by Gasteiger charge is -2.64. The molecule has 4 saturated carbocycles. The third-order valence-corrected chi connectivity index (χ3v) is 9.25. The van der Waals surface area contributed by atoms with E-state index in [4.69, 9.17) is 0 Å². The number of ketones is 3. The Labute approximate surface area is 156 Å². The Kier molecular flexibility index (Phi) is 3.88. The fourth-order valence-corrected chi connectivity index (χ4v) is 7.95. The van der Waals surface area contributed by atoms with Gasteiger partial charge in [-0.25, -0.2) is 0 Å². The molecule has 0 aromatic carbocycles. The summed E-state index contributed by atoms with van der Waals surface area (Å²) < 4.78 is 0. The second-order valence-electron chi connectivity index (χ2n) is 10.3. The van der Waals surface area contributed by atoms with Crippen molar-refractivity contribution in [1.82, 2.24) is 0 Å². The zero-order chi connectivity index (χ0) is 19.1. The van der Waals surface area contributed by atoms with Crippen LogP contribution < -0.4 is 0 Å². The van der Waals surface area contributed by atoms with Gasteiger partial charge in [0.05, 0.1) is 5.60 Å². The highest BCUT2D eigenvalue weighted by atomic mass is 16.3. The first-order chi connectivity index (χ1) is 12.0. The highest BCUT2D eigenvalue weighted by Gasteiger charge is 2.69. The molecule has 0 amide bonds. The number of aliphatic hydroxyl groups is 1. The van der Waals surface area contributed by atoms with Crippen LogP contribution >= 0.6 is 0 Å². The van der Waals surface area contributed by atoms with E-state index < -0.39 is 11.0 Å². The molecule has 4 aliphatic rings. The normalized spacial score (nSPS) is 53.7. The summed E-state index contributed by atoms with van der Waals surface area (Å²) in [6.07, 6.45) is 4.42. The summed E-state index contributed by atoms with van der Waals surface area (Å²) in [6.45, 7) is 7.94. The lowest BCUT2D eigenvalue weighted by Crippen LogP contribution is -2.67. The molecule has 4 heteroatoms. The molecule has 0 aliphatic heterocycles. The second kappa shape index (κ2) is 5.50. The molecule has 144 valence electrons. The monoisotopic (exact) mass is 360 g/mol. The molecule has 4 nitrogen and oxygen atoms in total. The maximum Gasteiger partial charge on any atom is 0.137 e. The zero-order valence-corrected chi connectivity index (χ0v) is 16.5. The van der Waals surface area contributed by atoms with Gasteiger partial charge in [0.1, 0.15) is 17.3 Å². The number of fused-ring (bicyclic) bond motifs is 5. The molecular formula is C22H32O4. The first-order valence-electron chi connectivity index (χ1n) is 10.3. The van der Waals surface area contributed by atoms with Crippen molar-refractivity contribution >= 4 is 17.3 Å². The molecule has 1 N–H and O–H groups in total. The van der Waals surface area contributed by atoms with Gasteiger partial charge in [-0.3, -0.25) is 14.4 Å². The molecule has 4 aliphatic carbocycles. The first kappa shape index (κ1) is 18.3. The van der Waals surface area contributed by atoms with E-state index in [2.05, 4.69) is 20.8 Å². The molecule has 26 heavy (non-hydrogen) atoms. The summed E-state index contributed by atoms with van der Waals surface area (Å²) in [6, 6.07) is 0. The Bertz CT molecular complexity index is 684. The summed E-state index contributed by atoms with van der Waals surface area (Å²) in [7, 11) is 0. The molecule has 0 bridgehead atoms. The minimum absolute atomic E-state index is 0.00419. The van der Waals surface area contributed by atoms with Crippen molar-refractivity contribution < 1.29 is 19.5 Å². The Balaban J connectivity index is 1.77. The molecule has 4 fully saturated rings. The quantitative estimate of drug-likeness (QED) is 0.778. The molecule has 0 saturated heterocycles. The van der Waals surface area contributed by atoms with Crippen LogP contribution in [0.5, 0.6) is 0 Å². The van der Waals surface area contributed by atoms with Gasteiger partial charge in [0.15, 0.2) is 0 Å². The highest BCUT2D eigenvalue weighted by Crippen LogP contribution is 2.68. The predicted molar refractivity (Wildman–Crippen MR) is 97.3 cm³/mol. The average Bonchev–Trinajstić information content (AvgIpc) is 2.87. The topological polar surface area (TPSA) is 71.4 Å². The third-order valence-electron chi connectivity index (χ3n) is 9.25. The number of rotatable bonds is 1. The van der Waals surface area contributed by atoms with Crippen LogP contribution in [0.15, 0.2) is 0 Å². The highest BCUT2D eigenvalue weighted by molar-refractivity contribution is 5.88. The number of Topliss-reactive ketones (excluding diaryl/α,β-unsaturated/α-hetero) is 3. The van der Waals surface area contributed by atoms with E-state index in [-0.39, 0.29) is 52.9 Å². The van der Waals surface area contributed by atoms with Gasteiger partial charge in [-0.1, -0.05) is 20.8 Å². The standard InChI is InChI=1S/C22H32O4/c1-12-9-15-17-6-5-16(13(2)23)20(17,3)11-18(25)19(15)21(4)8-7-14(24)10-22(12,21)26/h12,15-17,19,26H,5-11H2,1-4H3/t12-,15-,16-,17+,19-,20-,21+,22-/m0/s1. The number of hydrogen-bond acceptors (Lipinski definition) is 4. The van der Waals surface area contributed by atoms with Crippen molar-refractivity contribution in [2.75, 3.05) is 0 Å². The molecule has 4 rings (SSSR count). The van der Waals surface area contributed by atoms with Gasteiger partial charge < -0.3 is 5.11 Å². The van der Waals surface area contributed by atoms with E-state index in [1.54, 1.807) is 6.92 Å². The third kappa shape index (κ3) is 2.08. The summed E-state index contributed by atoms with van der Waals surface area (Å²) in [5.74, 6) is 1.01. The molecule has 8 atom stereocenters. The zero-order valence-electron chi connectivity index (χ0n) is 16.5. The Morgan fingerprint density at radius 3 is 2.50 bits per heavy atom. The SMILES string of the molecule is CC(=O)[C@@H]1CC[C@@H]2[C@@H]3C[C@H](C)[C@@]4(O)CC(=O)CC[C@]4(C)[C@@H]3C(=O)C[C@]21C. The molecule has 0 heterocycles. The van der Waals surface area contributed by atoms with E-state index in [9.17, 15) is 19.5 Å². The van der Waals surface area contributed by atoms with Crippen LogP contribution in [0.2, 0.25) is 0 Å². The minimum Gasteiger partial charge on any atom is -0.389 e. The molecule has 0 aromatic heterocycles. The number of carbonyl (C=O) groups is 3. The largest absolute Gasteiger partial charge is 0.389 e. The summed E-state index contributed by atoms with van der Waals surface area (Å²) >= 11 is 0. The fourth-order valence-electron chi connectivity index (χ4n) is 7.95. The first-order valence-corrected chi connectivity index (χ1v) is 10.3. The van der Waals surface area contributed by atoms with Crippen molar-refractivity contribution in [1.29, 1.82) is 0 Å². The smallest absolute Gasteiger partial charge is 0.137 e. The molecule has 0 spiro atoms. The molecule has 0 aromatic rings. The average molecular weight is 360 g/mol. The lowest BCUT2D eigenvalue weighted by molar-refractivity contribution is -0.222. The number of hydrogen-bond donors (Lipinski definition) is 1. The Morgan fingerprint density at radius 2 is 1.85 bits per heavy atom. The second-order valence-corrected chi connectivity index (χ2v) is 10.3. The van der Waals surface area contributed by atoms with Crippen LogP contribution in [0.1, 0.15) is 72.6 Å². The van der Waals surface area contributed by atoms with Gasteiger partial charge in [-0.2, -0.15) is 0 Å². The maximum atomic E-state index is 13.4. The van der Waals surface area contributed by atoms with E-state index in [1.807, 2.05) is 0 Å². The minimum atomic E-state index is -1.06. The van der Waals surface area contributed by atoms with Crippen LogP contribution in [0, 0.1) is 40.4 Å². The van der Waals surface area contributed by atoms with Crippen molar-refractivity contribution in [3.8, 4) is 0 Å². The van der Waals surface area contributed by atoms with Gasteiger partial charge in [0, 0.05) is 36.5 Å². The van der Waals surface area contributed by atoms with Crippen molar-refractivity contribution in [2.45, 2.75) is 78.2 Å². The summed E-state index contributed by atoms with van der Waals surface area (Å²) in [5.41, 5.74) is -1.80. The van der Waals surface area contributed by atoms with Crippen LogP contribution in [0.25, 0.3) is 0 Å². The van der Waals surface area contributed by atoms with Crippen LogP contribution in [-0.2, 0) is 14.4 Å². The fraction of sp³-hybridized carbons (Fsp3) is 0.864. The van der Waals surface area contributed by atoms with Crippen molar-refractivity contribution in [2.24, 2.45) is 40.4 Å². The van der Waals surface area contributed by atoms with Gasteiger partial charge in [-0.15, -0.1) is 0 Å². The number of carbonyl (C=O) groups excluding carboxylic acids is 3. The van der Waals surface area contributed by atoms with Gasteiger partial charge in [-0.05, 0) is 55.8 Å². The van der Waals surface area contributed by atoms with Gasteiger partial charge in [0.25, 0.3) is 0 Å². The Hall–Kier alpha value is -1.03. The lowest BCUT2D eigenvalue weighted by atomic mass is 9.41. The van der Waals surface area contributed by atoms with Crippen molar-refractivity contribution in [3.05, 3.63) is 0 Å². The predicted octanol–water partition coefficient (Wildman–Crippen LogP) is 3.34. The van der Waals surface area contributed by atoms with Crippen LogP contribution in [0.4, 0.5) is 0 Å². The molecular weight excluding hydrogens is 328 g/mol. The van der Waals surface area contributed by atoms with Gasteiger partial charge in [0.2, 0.25) is 0 Å². The maximum absolute atomic E-state index is 13.4. The van der Waals surface area contributed by atoms with E-state index >= 15 is 0 Å². The summed E-state index contributed by atoms with van der Waals surface area (Å²) in [5, 5.41) is 11.6. The molecule has 0 radical (unpaired) electrons. The van der Waals surface area contributed by atoms with Crippen LogP contribution in [-0.4, -0.2) is 28.1 Å². The van der Waals surface area contributed by atoms with E-state index in [0.717, 1.165) is 19.3 Å². The molecule has 0 unspecified atom stereocenters.